The van der Waals surface area contributed by atoms with Crippen molar-refractivity contribution >= 4 is 57.4 Å². The molecule has 8 heteroatoms. The number of nitrogens with one attached hydrogen (secondary N) is 1. The lowest BCUT2D eigenvalue weighted by Gasteiger charge is -2.30. The first kappa shape index (κ1) is 27.0. The van der Waals surface area contributed by atoms with Crippen LogP contribution in [0.2, 0.25) is 10.0 Å². The highest BCUT2D eigenvalue weighted by molar-refractivity contribution is 6.42. The van der Waals surface area contributed by atoms with Crippen molar-refractivity contribution in [1.82, 2.24) is 10.2 Å². The van der Waals surface area contributed by atoms with E-state index in [0.29, 0.717) is 28.6 Å². The highest BCUT2D eigenvalue weighted by Gasteiger charge is 2.30. The molecule has 1 aliphatic heterocycles. The predicted octanol–water partition coefficient (Wildman–Crippen LogP) is 6.22. The Morgan fingerprint density at radius 2 is 1.76 bits per heavy atom. The molecule has 0 spiro atoms. The molecule has 0 radical (unpaired) electrons. The second kappa shape index (κ2) is 11.5. The van der Waals surface area contributed by atoms with Crippen molar-refractivity contribution in [2.75, 3.05) is 11.4 Å². The smallest absolute Gasteiger partial charge is 0.258 e. The fourth-order valence-electron chi connectivity index (χ4n) is 4.62. The summed E-state index contributed by atoms with van der Waals surface area (Å²) in [6, 6.07) is 16.1. The van der Waals surface area contributed by atoms with Gasteiger partial charge in [0.05, 0.1) is 15.7 Å². The van der Waals surface area contributed by atoms with Gasteiger partial charge in [0.1, 0.15) is 6.04 Å². The molecule has 0 unspecified atom stereocenters. The third-order valence-electron chi connectivity index (χ3n) is 6.93. The van der Waals surface area contributed by atoms with Crippen molar-refractivity contribution in [3.63, 3.8) is 0 Å². The van der Waals surface area contributed by atoms with Crippen LogP contribution in [0.5, 0.6) is 0 Å². The summed E-state index contributed by atoms with van der Waals surface area (Å²) < 4.78 is 0. The van der Waals surface area contributed by atoms with Crippen LogP contribution in [0.1, 0.15) is 56.0 Å². The summed E-state index contributed by atoms with van der Waals surface area (Å²) in [5.41, 5.74) is 2.35. The first-order valence-electron chi connectivity index (χ1n) is 12.6. The van der Waals surface area contributed by atoms with E-state index in [0.717, 1.165) is 28.4 Å². The fraction of sp³-hybridized carbons (Fsp3) is 0.345. The lowest BCUT2D eigenvalue weighted by molar-refractivity contribution is -0.140. The van der Waals surface area contributed by atoms with Gasteiger partial charge in [0.25, 0.3) is 5.91 Å². The number of halogens is 2. The van der Waals surface area contributed by atoms with Crippen LogP contribution in [-0.2, 0) is 16.1 Å². The molecule has 3 aromatic rings. The van der Waals surface area contributed by atoms with E-state index in [2.05, 4.69) is 5.32 Å². The van der Waals surface area contributed by atoms with Crippen molar-refractivity contribution in [3.05, 3.63) is 75.8 Å². The lowest BCUT2D eigenvalue weighted by Crippen LogP contribution is -2.49. The van der Waals surface area contributed by atoms with E-state index in [9.17, 15) is 14.4 Å². The quantitative estimate of drug-likeness (QED) is 0.332. The number of carbonyl (C=O) groups excluding carboxylic acids is 3. The van der Waals surface area contributed by atoms with Crippen LogP contribution in [0.4, 0.5) is 5.69 Å². The zero-order valence-corrected chi connectivity index (χ0v) is 22.8. The van der Waals surface area contributed by atoms with E-state index in [4.69, 9.17) is 23.2 Å². The van der Waals surface area contributed by atoms with Crippen LogP contribution < -0.4 is 10.2 Å². The van der Waals surface area contributed by atoms with Gasteiger partial charge in [-0.15, -0.1) is 0 Å². The maximum Gasteiger partial charge on any atom is 0.258 e. The Hall–Kier alpha value is -3.09. The average Bonchev–Trinajstić information content (AvgIpc) is 3.16. The minimum Gasteiger partial charge on any atom is -0.352 e. The topological polar surface area (TPSA) is 69.7 Å². The number of anilines is 1. The van der Waals surface area contributed by atoms with E-state index in [1.54, 1.807) is 34.9 Å². The Labute approximate surface area is 227 Å². The molecule has 1 N–H and O–H groups in total. The summed E-state index contributed by atoms with van der Waals surface area (Å²) in [4.78, 5) is 42.8. The highest BCUT2D eigenvalue weighted by atomic mass is 35.5. The average molecular weight is 540 g/mol. The summed E-state index contributed by atoms with van der Waals surface area (Å²) in [6.07, 6.45) is 1.45. The molecule has 0 fully saturated rings. The van der Waals surface area contributed by atoms with Gasteiger partial charge in [-0.05, 0) is 61.9 Å². The summed E-state index contributed by atoms with van der Waals surface area (Å²) in [5, 5.41) is 5.77. The molecule has 0 aliphatic carbocycles. The Morgan fingerprint density at radius 3 is 2.46 bits per heavy atom. The minimum atomic E-state index is -0.678. The predicted molar refractivity (Wildman–Crippen MR) is 149 cm³/mol. The van der Waals surface area contributed by atoms with Crippen LogP contribution in [0.25, 0.3) is 10.8 Å². The van der Waals surface area contributed by atoms with Crippen molar-refractivity contribution in [2.24, 2.45) is 0 Å². The lowest BCUT2D eigenvalue weighted by atomic mass is 10.1. The van der Waals surface area contributed by atoms with Crippen LogP contribution in [0, 0.1) is 0 Å². The maximum absolute atomic E-state index is 13.4. The normalized spacial score (nSPS) is 14.1. The van der Waals surface area contributed by atoms with Crippen LogP contribution in [0.3, 0.4) is 0 Å². The molecular formula is C29H31Cl2N3O3. The molecule has 1 aliphatic rings. The second-order valence-corrected chi connectivity index (χ2v) is 10.3. The molecule has 0 saturated carbocycles. The molecular weight excluding hydrogens is 509 g/mol. The number of hydrogen-bond donors (Lipinski definition) is 1. The third kappa shape index (κ3) is 5.76. The number of hydrogen-bond acceptors (Lipinski definition) is 3. The van der Waals surface area contributed by atoms with E-state index in [-0.39, 0.29) is 36.7 Å². The van der Waals surface area contributed by atoms with Crippen molar-refractivity contribution in [2.45, 2.75) is 58.7 Å². The Morgan fingerprint density at radius 1 is 1.03 bits per heavy atom. The second-order valence-electron chi connectivity index (χ2n) is 9.51. The van der Waals surface area contributed by atoms with Gasteiger partial charge >= 0.3 is 0 Å². The number of benzene rings is 3. The van der Waals surface area contributed by atoms with E-state index in [1.807, 2.05) is 50.2 Å². The van der Waals surface area contributed by atoms with Gasteiger partial charge in [0.2, 0.25) is 11.8 Å². The van der Waals surface area contributed by atoms with Gasteiger partial charge in [-0.2, -0.15) is 0 Å². The summed E-state index contributed by atoms with van der Waals surface area (Å²) in [7, 11) is 0. The molecule has 0 bridgehead atoms. The van der Waals surface area contributed by atoms with Gasteiger partial charge in [-0.3, -0.25) is 14.4 Å². The van der Waals surface area contributed by atoms with E-state index in [1.165, 1.54) is 0 Å². The third-order valence-corrected chi connectivity index (χ3v) is 7.67. The summed E-state index contributed by atoms with van der Waals surface area (Å²) in [5.74, 6) is -0.423. The van der Waals surface area contributed by atoms with Crippen molar-refractivity contribution in [3.8, 4) is 0 Å². The molecule has 1 heterocycles. The van der Waals surface area contributed by atoms with Gasteiger partial charge in [-0.1, -0.05) is 60.5 Å². The van der Waals surface area contributed by atoms with Gasteiger partial charge in [-0.25, -0.2) is 0 Å². The van der Waals surface area contributed by atoms with E-state index < -0.39 is 6.04 Å². The van der Waals surface area contributed by atoms with Crippen LogP contribution in [0.15, 0.2) is 54.6 Å². The number of amides is 3. The van der Waals surface area contributed by atoms with Crippen LogP contribution >= 0.6 is 23.2 Å². The zero-order valence-electron chi connectivity index (χ0n) is 21.3. The first-order valence-corrected chi connectivity index (χ1v) is 13.3. The zero-order chi connectivity index (χ0) is 26.7. The molecule has 3 amide bonds. The molecule has 2 atom stereocenters. The fourth-order valence-corrected chi connectivity index (χ4v) is 4.94. The molecule has 37 heavy (non-hydrogen) atoms. The first-order chi connectivity index (χ1) is 17.7. The van der Waals surface area contributed by atoms with Gasteiger partial charge in [0.15, 0.2) is 0 Å². The largest absolute Gasteiger partial charge is 0.352 e. The number of nitrogens with zero attached hydrogens (tertiary/aromatic N) is 2. The Kier molecular flexibility index (Phi) is 8.40. The van der Waals surface area contributed by atoms with Crippen molar-refractivity contribution in [1.29, 1.82) is 0 Å². The Balaban J connectivity index is 1.47. The van der Waals surface area contributed by atoms with Crippen LogP contribution in [-0.4, -0.2) is 41.2 Å². The standard InChI is InChI=1S/C29H31Cl2N3O3/c1-4-18(2)32-28(36)19(3)34(17-20-13-14-23(30)24(31)16-20)26(35)12-7-15-33-25-11-6-9-21-8-5-10-22(27(21)25)29(33)37/h5-6,8-11,13-14,16,18-19H,4,7,12,15,17H2,1-3H3,(H,32,36)/t18-,19+/m0/s1. The SMILES string of the molecule is CC[C@H](C)NC(=O)[C@@H](C)N(Cc1ccc(Cl)c(Cl)c1)C(=O)CCCN1C(=O)c2cccc3cccc1c23. The molecule has 0 saturated heterocycles. The number of rotatable bonds is 10. The van der Waals surface area contributed by atoms with Gasteiger partial charge < -0.3 is 15.1 Å². The maximum atomic E-state index is 13.4. The molecule has 3 aromatic carbocycles. The number of carbonyl (C=O) groups is 3. The molecule has 194 valence electrons. The van der Waals surface area contributed by atoms with E-state index >= 15 is 0 Å². The van der Waals surface area contributed by atoms with Gasteiger partial charge in [0, 0.05) is 36.5 Å². The molecule has 0 aromatic heterocycles. The molecule has 4 rings (SSSR count). The summed E-state index contributed by atoms with van der Waals surface area (Å²) >= 11 is 12.3. The Bertz CT molecular complexity index is 1340. The summed E-state index contributed by atoms with van der Waals surface area (Å²) in [6.45, 7) is 6.28. The monoisotopic (exact) mass is 539 g/mol. The molecule has 6 nitrogen and oxygen atoms in total. The highest BCUT2D eigenvalue weighted by Crippen LogP contribution is 2.37. The van der Waals surface area contributed by atoms with Crippen molar-refractivity contribution < 1.29 is 14.4 Å². The minimum absolute atomic E-state index is 0.00222.